The van der Waals surface area contributed by atoms with Crippen LogP contribution in [0.4, 0.5) is 0 Å². The highest BCUT2D eigenvalue weighted by atomic mass is 80.0. The molecule has 1 heterocycles. The Kier molecular flexibility index (Phi) is 20.8. The molecule has 1 fully saturated rings. The van der Waals surface area contributed by atoms with Crippen molar-refractivity contribution in [3.8, 4) is 0 Å². The molecular formula is C34H36Br9N3O9S3. The summed E-state index contributed by atoms with van der Waals surface area (Å²) >= 11 is 27.0. The predicted molar refractivity (Wildman–Crippen MR) is 260 cm³/mol. The zero-order chi connectivity index (χ0) is 44.7. The number of rotatable bonds is 8. The minimum atomic E-state index is -3.69. The number of halogens is 9. The SMILES string of the molecule is CCN(CC)C(=O)c1cccc(S(=O)(=O)C(Br)(Br)Br)c1.CN(C)C(=O)c1cccc(S(=O)(=O)C(Br)(Br)Br)c1.O=C(c1cccc(S(=O)(=O)C(Br)(Br)Br)c1)N1CCCC1. The third-order valence-electron chi connectivity index (χ3n) is 7.94. The lowest BCUT2D eigenvalue weighted by atomic mass is 10.2. The molecule has 0 saturated carbocycles. The summed E-state index contributed by atoms with van der Waals surface area (Å²) < 4.78 is 69.1. The van der Waals surface area contributed by atoms with Crippen LogP contribution in [0.2, 0.25) is 0 Å². The number of benzene rings is 3. The molecule has 3 aromatic rings. The van der Waals surface area contributed by atoms with E-state index in [9.17, 15) is 39.6 Å². The van der Waals surface area contributed by atoms with Crippen LogP contribution in [0.15, 0.2) is 87.5 Å². The lowest BCUT2D eigenvalue weighted by Crippen LogP contribution is -2.30. The molecule has 1 aliphatic rings. The van der Waals surface area contributed by atoms with E-state index in [1.54, 1.807) is 54.2 Å². The van der Waals surface area contributed by atoms with E-state index in [0.717, 1.165) is 25.9 Å². The number of hydrogen-bond acceptors (Lipinski definition) is 9. The maximum atomic E-state index is 12.3. The first-order valence-corrected chi connectivity index (χ1v) is 28.1. The van der Waals surface area contributed by atoms with E-state index < -0.39 is 33.9 Å². The summed E-state index contributed by atoms with van der Waals surface area (Å²) in [6, 6.07) is 18.0. The van der Waals surface area contributed by atoms with Gasteiger partial charge in [0.1, 0.15) is 0 Å². The molecule has 12 nitrogen and oxygen atoms in total. The highest BCUT2D eigenvalue weighted by Gasteiger charge is 2.39. The fraction of sp³-hybridized carbons (Fsp3) is 0.382. The third kappa shape index (κ3) is 14.1. The molecule has 58 heavy (non-hydrogen) atoms. The van der Waals surface area contributed by atoms with Crippen LogP contribution in [-0.4, -0.2) is 102 Å². The van der Waals surface area contributed by atoms with E-state index in [0.29, 0.717) is 29.8 Å². The normalized spacial score (nSPS) is 13.7. The first-order chi connectivity index (χ1) is 26.4. The second-order valence-corrected chi connectivity index (χ2v) is 43.4. The first kappa shape index (κ1) is 54.4. The van der Waals surface area contributed by atoms with Crippen LogP contribution in [0.5, 0.6) is 0 Å². The van der Waals surface area contributed by atoms with Gasteiger partial charge in [-0.2, -0.15) is 0 Å². The maximum Gasteiger partial charge on any atom is 0.253 e. The van der Waals surface area contributed by atoms with Gasteiger partial charge >= 0.3 is 0 Å². The summed E-state index contributed by atoms with van der Waals surface area (Å²) in [4.78, 5) is 41.2. The highest BCUT2D eigenvalue weighted by Crippen LogP contribution is 2.45. The lowest BCUT2D eigenvalue weighted by molar-refractivity contribution is 0.0769. The molecule has 0 N–H and O–H groups in total. The van der Waals surface area contributed by atoms with Crippen LogP contribution in [0.25, 0.3) is 0 Å². The lowest BCUT2D eigenvalue weighted by Gasteiger charge is -2.19. The van der Waals surface area contributed by atoms with E-state index in [4.69, 9.17) is 0 Å². The number of carbonyl (C=O) groups excluding carboxylic acids is 3. The highest BCUT2D eigenvalue weighted by molar-refractivity contribution is 9.43. The molecule has 0 unspecified atom stereocenters. The Labute approximate surface area is 415 Å². The van der Waals surface area contributed by atoms with Crippen molar-refractivity contribution >= 4 is 191 Å². The van der Waals surface area contributed by atoms with Crippen molar-refractivity contribution in [3.63, 3.8) is 0 Å². The molecular weight excluding hydrogens is 1410 g/mol. The standard InChI is InChI=1S/C12H12Br3NO3S.C12H14Br3NO3S.C10H10Br3NO3S/c13-12(14,15)20(18,19)10-5-3-4-9(8-10)11(17)16-6-1-2-7-16;1-3-16(4-2)11(17)9-6-5-7-10(8-9)20(18,19)12(13,14)15;1-14(2)9(15)7-4-3-5-8(6-7)18(16,17)10(11,12)13/h3-5,8H,1-2,6-7H2;5-8H,3-4H2,1-2H3;3-6H,1-2H3. The van der Waals surface area contributed by atoms with Gasteiger partial charge in [-0.1, -0.05) is 18.2 Å². The molecule has 0 bridgehead atoms. The second-order valence-electron chi connectivity index (χ2n) is 12.1. The predicted octanol–water partition coefficient (Wildman–Crippen LogP) is 10.2. The molecule has 4 rings (SSSR count). The Bertz CT molecular complexity index is 2190. The van der Waals surface area contributed by atoms with Crippen molar-refractivity contribution in [2.75, 3.05) is 40.3 Å². The fourth-order valence-electron chi connectivity index (χ4n) is 4.84. The van der Waals surface area contributed by atoms with Gasteiger partial charge in [-0.25, -0.2) is 25.3 Å². The summed E-state index contributed by atoms with van der Waals surface area (Å²) in [5.74, 6) is -0.559. The summed E-state index contributed by atoms with van der Waals surface area (Å²) in [7, 11) is -7.84. The van der Waals surface area contributed by atoms with Crippen LogP contribution in [0, 0.1) is 0 Å². The summed E-state index contributed by atoms with van der Waals surface area (Å²) in [5, 5.41) is 0. The average Bonchev–Trinajstić information content (AvgIpc) is 3.69. The zero-order valence-corrected chi connectivity index (χ0v) is 47.5. The Morgan fingerprint density at radius 1 is 0.552 bits per heavy atom. The molecule has 0 atom stereocenters. The van der Waals surface area contributed by atoms with Crippen LogP contribution in [0.3, 0.4) is 0 Å². The smallest absolute Gasteiger partial charge is 0.253 e. The molecule has 0 spiro atoms. The van der Waals surface area contributed by atoms with Gasteiger partial charge in [0.05, 0.1) is 14.7 Å². The third-order valence-corrected chi connectivity index (χ3v) is 23.9. The number of carbonyl (C=O) groups is 3. The number of hydrogen-bond donors (Lipinski definition) is 0. The first-order valence-electron chi connectivity index (χ1n) is 16.5. The number of alkyl halides is 9. The summed E-state index contributed by atoms with van der Waals surface area (Å²) in [6.07, 6.45) is 1.99. The Morgan fingerprint density at radius 2 is 0.862 bits per heavy atom. The van der Waals surface area contributed by atoms with Crippen molar-refractivity contribution in [1.29, 1.82) is 0 Å². The Balaban J connectivity index is 0.000000301. The molecule has 0 radical (unpaired) electrons. The van der Waals surface area contributed by atoms with Crippen molar-refractivity contribution in [2.24, 2.45) is 0 Å². The molecule has 3 amide bonds. The quantitative estimate of drug-likeness (QED) is 0.200. The van der Waals surface area contributed by atoms with Gasteiger partial charge in [-0.3, -0.25) is 14.4 Å². The minimum Gasteiger partial charge on any atom is -0.345 e. The topological polar surface area (TPSA) is 163 Å². The van der Waals surface area contributed by atoms with Crippen LogP contribution in [0.1, 0.15) is 57.8 Å². The average molecular weight is 1450 g/mol. The van der Waals surface area contributed by atoms with Gasteiger partial charge in [0, 0.05) is 57.0 Å². The number of amides is 3. The van der Waals surface area contributed by atoms with Gasteiger partial charge in [0.25, 0.3) is 17.7 Å². The van der Waals surface area contributed by atoms with Crippen molar-refractivity contribution in [2.45, 2.75) is 45.8 Å². The van der Waals surface area contributed by atoms with Gasteiger partial charge in [0.15, 0.2) is 0 Å². The molecule has 24 heteroatoms. The molecule has 0 aromatic heterocycles. The second kappa shape index (κ2) is 22.2. The van der Waals surface area contributed by atoms with Crippen LogP contribution < -0.4 is 0 Å². The van der Waals surface area contributed by atoms with Gasteiger partial charge in [-0.15, -0.1) is 0 Å². The van der Waals surface area contributed by atoms with Crippen molar-refractivity contribution in [3.05, 3.63) is 89.5 Å². The monoisotopic (exact) mass is 1440 g/mol. The molecule has 3 aromatic carbocycles. The Morgan fingerprint density at radius 3 is 1.17 bits per heavy atom. The van der Waals surface area contributed by atoms with Crippen LogP contribution in [-0.2, 0) is 29.5 Å². The van der Waals surface area contributed by atoms with Crippen LogP contribution >= 0.6 is 143 Å². The van der Waals surface area contributed by atoms with Crippen molar-refractivity contribution < 1.29 is 39.6 Å². The van der Waals surface area contributed by atoms with Crippen molar-refractivity contribution in [1.82, 2.24) is 14.7 Å². The van der Waals surface area contributed by atoms with Gasteiger partial charge in [0.2, 0.25) is 33.9 Å². The molecule has 322 valence electrons. The maximum absolute atomic E-state index is 12.3. The number of likely N-dealkylation sites (tertiary alicyclic amines) is 1. The van der Waals surface area contributed by atoms with E-state index in [-0.39, 0.29) is 32.4 Å². The zero-order valence-electron chi connectivity index (χ0n) is 30.8. The van der Waals surface area contributed by atoms with E-state index in [2.05, 4.69) is 143 Å². The largest absolute Gasteiger partial charge is 0.345 e. The molecule has 0 aliphatic carbocycles. The van der Waals surface area contributed by atoms with E-state index in [1.807, 2.05) is 13.8 Å². The number of nitrogens with zero attached hydrogens (tertiary/aromatic N) is 3. The number of sulfone groups is 3. The minimum absolute atomic E-state index is 0.0424. The molecule has 1 aliphatic heterocycles. The fourth-order valence-corrected chi connectivity index (χ4v) is 12.3. The van der Waals surface area contributed by atoms with E-state index in [1.165, 1.54) is 47.4 Å². The van der Waals surface area contributed by atoms with Gasteiger partial charge < -0.3 is 14.7 Å². The van der Waals surface area contributed by atoms with Gasteiger partial charge in [-0.05, 0) is 225 Å². The Hall–Kier alpha value is 0.240. The summed E-state index contributed by atoms with van der Waals surface area (Å²) in [6.45, 7) is 6.37. The summed E-state index contributed by atoms with van der Waals surface area (Å²) in [5.41, 5.74) is 1.06. The molecule has 1 saturated heterocycles. The van der Waals surface area contributed by atoms with E-state index >= 15 is 0 Å².